The molecule has 0 bridgehead atoms. The number of aromatic amines is 1. The maximum atomic E-state index is 12.4. The monoisotopic (exact) mass is 418 g/mol. The second-order valence-corrected chi connectivity index (χ2v) is 8.23. The molecule has 0 atom stereocenters. The molecule has 30 heavy (non-hydrogen) atoms. The van der Waals surface area contributed by atoms with Gasteiger partial charge >= 0.3 is 0 Å². The largest absolute Gasteiger partial charge is 0.310 e. The van der Waals surface area contributed by atoms with Crippen LogP contribution in [0.2, 0.25) is 0 Å². The molecule has 0 aliphatic heterocycles. The topological polar surface area (TPSA) is 87.7 Å². The van der Waals surface area contributed by atoms with Crippen LogP contribution in [0, 0.1) is 20.8 Å². The molecule has 0 radical (unpaired) electrons. The van der Waals surface area contributed by atoms with Gasteiger partial charge in [-0.05, 0) is 55.7 Å². The Bertz CT molecular complexity index is 1310. The molecule has 0 unspecified atom stereocenters. The van der Waals surface area contributed by atoms with E-state index in [2.05, 4.69) is 53.2 Å². The maximum absolute atomic E-state index is 12.4. The zero-order chi connectivity index (χ0) is 21.3. The molecule has 6 nitrogen and oxygen atoms in total. The Kier molecular flexibility index (Phi) is 5.46. The van der Waals surface area contributed by atoms with Crippen LogP contribution in [0.3, 0.4) is 0 Å². The fourth-order valence-electron chi connectivity index (χ4n) is 3.36. The lowest BCUT2D eigenvalue weighted by Crippen LogP contribution is -2.16. The van der Waals surface area contributed by atoms with Crippen LogP contribution in [0.15, 0.2) is 46.6 Å². The molecule has 1 amide bonds. The number of fused-ring (bicyclic) bond motifs is 1. The summed E-state index contributed by atoms with van der Waals surface area (Å²) in [5, 5.41) is 5.91. The Morgan fingerprint density at radius 1 is 1.07 bits per heavy atom. The van der Waals surface area contributed by atoms with Gasteiger partial charge in [0, 0.05) is 23.8 Å². The van der Waals surface area contributed by atoms with Gasteiger partial charge in [0.05, 0.1) is 16.6 Å². The minimum atomic E-state index is -0.190. The average molecular weight is 419 g/mol. The molecule has 7 heteroatoms. The summed E-state index contributed by atoms with van der Waals surface area (Å²) in [6.07, 6.45) is 0.555. The molecule has 4 aromatic rings. The van der Waals surface area contributed by atoms with Crippen molar-refractivity contribution >= 4 is 33.3 Å². The molecular formula is C23H22N4O2S. The number of carbonyl (C=O) groups is 1. The molecule has 4 rings (SSSR count). The smallest absolute Gasteiger partial charge is 0.258 e. The number of carbonyl (C=O) groups excluding carboxylic acids is 1. The molecule has 0 spiro atoms. The van der Waals surface area contributed by atoms with Crippen molar-refractivity contribution in [1.29, 1.82) is 0 Å². The first-order valence-corrected chi connectivity index (χ1v) is 10.6. The zero-order valence-corrected chi connectivity index (χ0v) is 17.9. The van der Waals surface area contributed by atoms with Gasteiger partial charge < -0.3 is 10.3 Å². The Morgan fingerprint density at radius 3 is 2.67 bits per heavy atom. The summed E-state index contributed by atoms with van der Waals surface area (Å²) in [5.41, 5.74) is 6.00. The van der Waals surface area contributed by atoms with E-state index in [1.54, 1.807) is 18.2 Å². The molecule has 0 saturated heterocycles. The van der Waals surface area contributed by atoms with Crippen molar-refractivity contribution in [3.05, 3.63) is 74.6 Å². The van der Waals surface area contributed by atoms with Gasteiger partial charge in [-0.15, -0.1) is 11.3 Å². The van der Waals surface area contributed by atoms with Gasteiger partial charge in [0.1, 0.15) is 5.82 Å². The number of nitrogens with zero attached hydrogens (tertiary/aromatic N) is 2. The number of hydrogen-bond donors (Lipinski definition) is 2. The third-order valence-corrected chi connectivity index (χ3v) is 5.88. The van der Waals surface area contributed by atoms with Crippen LogP contribution in [0.1, 0.15) is 28.9 Å². The molecule has 2 N–H and O–H groups in total. The molecule has 2 aromatic heterocycles. The highest BCUT2D eigenvalue weighted by Gasteiger charge is 2.12. The number of amides is 1. The van der Waals surface area contributed by atoms with Gasteiger partial charge in [-0.3, -0.25) is 9.59 Å². The van der Waals surface area contributed by atoms with Crippen LogP contribution in [0.25, 0.3) is 22.2 Å². The van der Waals surface area contributed by atoms with E-state index in [0.717, 1.165) is 16.8 Å². The highest BCUT2D eigenvalue weighted by molar-refractivity contribution is 7.14. The number of thiazole rings is 1. The van der Waals surface area contributed by atoms with E-state index in [9.17, 15) is 9.59 Å². The standard InChI is InChI=1S/C23H22N4O2S/c1-13-10-15(3)17(11-14(13)2)19-12-30-23(25-19)27-21(28)9-8-20-24-18-7-5-4-6-16(18)22(29)26-20/h4-7,10-12H,8-9H2,1-3H3,(H,24,26,29)(H,25,27,28). The SMILES string of the molecule is Cc1cc(C)c(-c2csc(NC(=O)CCc3nc4ccccc4c(=O)[nH]3)n2)cc1C. The third-order valence-electron chi connectivity index (χ3n) is 5.12. The number of para-hydroxylation sites is 1. The third kappa shape index (κ3) is 4.16. The molecule has 152 valence electrons. The maximum Gasteiger partial charge on any atom is 0.258 e. The summed E-state index contributed by atoms with van der Waals surface area (Å²) in [7, 11) is 0. The zero-order valence-electron chi connectivity index (χ0n) is 17.1. The number of hydrogen-bond acceptors (Lipinski definition) is 5. The Labute approximate surface area is 178 Å². The van der Waals surface area contributed by atoms with E-state index in [1.807, 2.05) is 11.4 Å². The average Bonchev–Trinajstić information content (AvgIpc) is 3.17. The highest BCUT2D eigenvalue weighted by atomic mass is 32.1. The first-order chi connectivity index (χ1) is 14.4. The van der Waals surface area contributed by atoms with E-state index in [0.29, 0.717) is 28.3 Å². The van der Waals surface area contributed by atoms with E-state index < -0.39 is 0 Å². The lowest BCUT2D eigenvalue weighted by molar-refractivity contribution is -0.116. The number of aromatic nitrogens is 3. The summed E-state index contributed by atoms with van der Waals surface area (Å²) in [6, 6.07) is 11.4. The van der Waals surface area contributed by atoms with Crippen molar-refractivity contribution in [1.82, 2.24) is 15.0 Å². The lowest BCUT2D eigenvalue weighted by Gasteiger charge is -2.07. The van der Waals surface area contributed by atoms with Crippen molar-refractivity contribution in [2.24, 2.45) is 0 Å². The van der Waals surface area contributed by atoms with Crippen molar-refractivity contribution < 1.29 is 4.79 Å². The summed E-state index contributed by atoms with van der Waals surface area (Å²) in [6.45, 7) is 6.24. The number of anilines is 1. The number of benzene rings is 2. The van der Waals surface area contributed by atoms with Crippen LogP contribution in [-0.4, -0.2) is 20.9 Å². The molecule has 0 aliphatic carbocycles. The van der Waals surface area contributed by atoms with Crippen LogP contribution < -0.4 is 10.9 Å². The normalized spacial score (nSPS) is 11.0. The highest BCUT2D eigenvalue weighted by Crippen LogP contribution is 2.29. The van der Waals surface area contributed by atoms with Gasteiger partial charge in [-0.25, -0.2) is 9.97 Å². The summed E-state index contributed by atoms with van der Waals surface area (Å²) in [4.78, 5) is 36.3. The van der Waals surface area contributed by atoms with Crippen LogP contribution in [0.5, 0.6) is 0 Å². The van der Waals surface area contributed by atoms with E-state index in [-0.39, 0.29) is 17.9 Å². The van der Waals surface area contributed by atoms with E-state index >= 15 is 0 Å². The first kappa shape index (κ1) is 20.0. The lowest BCUT2D eigenvalue weighted by atomic mass is 9.99. The van der Waals surface area contributed by atoms with E-state index in [1.165, 1.54) is 22.5 Å². The van der Waals surface area contributed by atoms with Crippen LogP contribution >= 0.6 is 11.3 Å². The minimum absolute atomic E-state index is 0.163. The van der Waals surface area contributed by atoms with Gasteiger partial charge in [0.2, 0.25) is 5.91 Å². The van der Waals surface area contributed by atoms with Crippen molar-refractivity contribution in [3.8, 4) is 11.3 Å². The number of rotatable bonds is 5. The van der Waals surface area contributed by atoms with Crippen LogP contribution in [-0.2, 0) is 11.2 Å². The van der Waals surface area contributed by atoms with Gasteiger partial charge in [-0.2, -0.15) is 0 Å². The first-order valence-electron chi connectivity index (χ1n) is 9.72. The molecule has 2 heterocycles. The van der Waals surface area contributed by atoms with Gasteiger partial charge in [-0.1, -0.05) is 18.2 Å². The summed E-state index contributed by atoms with van der Waals surface area (Å²) >= 11 is 1.40. The summed E-state index contributed by atoms with van der Waals surface area (Å²) in [5.74, 6) is 0.336. The predicted molar refractivity (Wildman–Crippen MR) is 121 cm³/mol. The molecule has 2 aromatic carbocycles. The van der Waals surface area contributed by atoms with Crippen molar-refractivity contribution in [3.63, 3.8) is 0 Å². The fraction of sp³-hybridized carbons (Fsp3) is 0.217. The van der Waals surface area contributed by atoms with Crippen LogP contribution in [0.4, 0.5) is 5.13 Å². The number of aryl methyl sites for hydroxylation is 4. The minimum Gasteiger partial charge on any atom is -0.310 e. The van der Waals surface area contributed by atoms with Crippen molar-refractivity contribution in [2.75, 3.05) is 5.32 Å². The molecule has 0 aliphatic rings. The number of nitrogens with one attached hydrogen (secondary N) is 2. The Balaban J connectivity index is 1.43. The van der Waals surface area contributed by atoms with Gasteiger partial charge in [0.25, 0.3) is 5.56 Å². The second kappa shape index (κ2) is 8.20. The fourth-order valence-corrected chi connectivity index (χ4v) is 4.09. The summed E-state index contributed by atoms with van der Waals surface area (Å²) < 4.78 is 0. The molecule has 0 fully saturated rings. The molecule has 0 saturated carbocycles. The number of H-pyrrole nitrogens is 1. The van der Waals surface area contributed by atoms with Gasteiger partial charge in [0.15, 0.2) is 5.13 Å². The Hall–Kier alpha value is -3.32. The predicted octanol–water partition coefficient (Wildman–Crippen LogP) is 4.54. The second-order valence-electron chi connectivity index (χ2n) is 7.37. The quantitative estimate of drug-likeness (QED) is 0.498. The molecular weight excluding hydrogens is 396 g/mol. The van der Waals surface area contributed by atoms with Crippen molar-refractivity contribution in [2.45, 2.75) is 33.6 Å². The Morgan fingerprint density at radius 2 is 1.83 bits per heavy atom. The van der Waals surface area contributed by atoms with E-state index in [4.69, 9.17) is 0 Å².